The maximum Gasteiger partial charge on any atom is 0.255 e. The molecule has 0 spiro atoms. The van der Waals surface area contributed by atoms with Gasteiger partial charge in [-0.15, -0.1) is 0 Å². The number of phenols is 1. The number of ketones is 2. The first-order valence-electron chi connectivity index (χ1n) is 11.1. The maximum absolute atomic E-state index is 13.7. The fourth-order valence-corrected chi connectivity index (χ4v) is 5.95. The van der Waals surface area contributed by atoms with Crippen LogP contribution in [0.2, 0.25) is 0 Å². The van der Waals surface area contributed by atoms with Crippen LogP contribution in [-0.2, 0) is 16.0 Å². The van der Waals surface area contributed by atoms with Gasteiger partial charge in [-0.05, 0) is 25.7 Å². The molecule has 4 atom stereocenters. The summed E-state index contributed by atoms with van der Waals surface area (Å²) in [5.74, 6) is -7.55. The van der Waals surface area contributed by atoms with E-state index in [-0.39, 0.29) is 16.8 Å². The summed E-state index contributed by atoms with van der Waals surface area (Å²) in [7, 11) is 5.83. The molecule has 0 aliphatic heterocycles. The van der Waals surface area contributed by atoms with Crippen molar-refractivity contribution in [2.45, 2.75) is 35.7 Å². The van der Waals surface area contributed by atoms with Gasteiger partial charge in [0.05, 0.1) is 16.7 Å². The van der Waals surface area contributed by atoms with Gasteiger partial charge in [-0.3, -0.25) is 24.1 Å². The minimum absolute atomic E-state index is 0.0762. The Labute approximate surface area is 210 Å². The van der Waals surface area contributed by atoms with E-state index in [0.29, 0.717) is 6.29 Å². The zero-order chi connectivity index (χ0) is 28.0. The van der Waals surface area contributed by atoms with Crippen LogP contribution in [0.3, 0.4) is 0 Å². The third-order valence-corrected chi connectivity index (χ3v) is 7.46. The Morgan fingerprint density at radius 1 is 1.11 bits per heavy atom. The van der Waals surface area contributed by atoms with Gasteiger partial charge in [0.15, 0.2) is 12.1 Å². The van der Waals surface area contributed by atoms with Crippen molar-refractivity contribution in [3.05, 3.63) is 45.4 Å². The number of rotatable bonds is 4. The number of nitrogens with zero attached hydrogens (tertiary/aromatic N) is 2. The van der Waals surface area contributed by atoms with Crippen LogP contribution in [0.15, 0.2) is 28.7 Å². The van der Waals surface area contributed by atoms with Gasteiger partial charge >= 0.3 is 0 Å². The fraction of sp³-hybridized carbons (Fsp3) is 0.417. The number of benzene rings is 1. The van der Waals surface area contributed by atoms with Gasteiger partial charge in [-0.1, -0.05) is 0 Å². The molecule has 0 saturated carbocycles. The number of Topliss-reactive ketones (excluding diaryl/α,β-unsaturated/α-hetero) is 2. The monoisotopic (exact) mass is 517 g/mol. The molecule has 13 heteroatoms. The molecule has 37 heavy (non-hydrogen) atoms. The molecular formula is C24H27N3O10. The highest BCUT2D eigenvalue weighted by Gasteiger charge is 2.74. The molecule has 4 rings (SSSR count). The Hall–Kier alpha value is -3.78. The zero-order valence-corrected chi connectivity index (χ0v) is 20.4. The highest BCUT2D eigenvalue weighted by atomic mass is 16.4. The summed E-state index contributed by atoms with van der Waals surface area (Å²) in [6.45, 7) is 0. The van der Waals surface area contributed by atoms with Crippen molar-refractivity contribution in [2.75, 3.05) is 33.1 Å². The Kier molecular flexibility index (Phi) is 5.58. The van der Waals surface area contributed by atoms with E-state index in [1.807, 2.05) is 0 Å². The molecule has 13 nitrogen and oxygen atoms in total. The molecule has 0 fully saturated rings. The minimum Gasteiger partial charge on any atom is -0.510 e. The van der Waals surface area contributed by atoms with Gasteiger partial charge in [0.2, 0.25) is 11.4 Å². The third-order valence-electron chi connectivity index (χ3n) is 7.46. The summed E-state index contributed by atoms with van der Waals surface area (Å²) in [6.07, 6.45) is -1.17. The first-order valence-corrected chi connectivity index (χ1v) is 11.1. The van der Waals surface area contributed by atoms with Crippen LogP contribution in [0.1, 0.15) is 32.7 Å². The molecule has 3 aliphatic carbocycles. The number of aliphatic hydroxyl groups is 5. The van der Waals surface area contributed by atoms with Crippen LogP contribution >= 0.6 is 0 Å². The number of hydrogen-bond donors (Lipinski definition) is 7. The van der Waals surface area contributed by atoms with Crippen LogP contribution in [-0.4, -0.2) is 110 Å². The topological polar surface area (TPSA) is 222 Å². The van der Waals surface area contributed by atoms with E-state index in [2.05, 4.69) is 0 Å². The van der Waals surface area contributed by atoms with Crippen molar-refractivity contribution in [3.8, 4) is 5.75 Å². The van der Waals surface area contributed by atoms with E-state index in [4.69, 9.17) is 5.73 Å². The second-order valence-corrected chi connectivity index (χ2v) is 10.1. The number of nitrogens with two attached hydrogens (primary N) is 1. The van der Waals surface area contributed by atoms with E-state index in [1.165, 1.54) is 25.1 Å². The van der Waals surface area contributed by atoms with E-state index >= 15 is 0 Å². The summed E-state index contributed by atoms with van der Waals surface area (Å²) in [5.41, 5.74) is -5.81. The molecule has 0 radical (unpaired) electrons. The molecule has 0 heterocycles. The normalized spacial score (nSPS) is 31.2. The average Bonchev–Trinajstić information content (AvgIpc) is 2.75. The molecule has 0 aromatic heterocycles. The van der Waals surface area contributed by atoms with Gasteiger partial charge in [0.25, 0.3) is 5.91 Å². The van der Waals surface area contributed by atoms with Crippen LogP contribution in [0.25, 0.3) is 0 Å². The number of aliphatic hydroxyl groups excluding tert-OH is 2. The van der Waals surface area contributed by atoms with Crippen molar-refractivity contribution >= 4 is 29.4 Å². The van der Waals surface area contributed by atoms with Crippen LogP contribution in [0, 0.1) is 0 Å². The summed E-state index contributed by atoms with van der Waals surface area (Å²) >= 11 is 0. The van der Waals surface area contributed by atoms with Gasteiger partial charge < -0.3 is 41.3 Å². The number of aromatic hydroxyl groups is 1. The maximum atomic E-state index is 13.7. The van der Waals surface area contributed by atoms with Crippen LogP contribution in [0.5, 0.6) is 5.75 Å². The van der Waals surface area contributed by atoms with Crippen LogP contribution < -0.4 is 10.6 Å². The molecular weight excluding hydrogens is 490 g/mol. The van der Waals surface area contributed by atoms with Gasteiger partial charge in [-0.25, -0.2) is 0 Å². The Bertz CT molecular complexity index is 1360. The summed E-state index contributed by atoms with van der Waals surface area (Å²) in [4.78, 5) is 53.3. The Morgan fingerprint density at radius 3 is 2.19 bits per heavy atom. The van der Waals surface area contributed by atoms with Gasteiger partial charge in [0, 0.05) is 32.6 Å². The van der Waals surface area contributed by atoms with Crippen molar-refractivity contribution in [3.63, 3.8) is 0 Å². The third kappa shape index (κ3) is 3.05. The molecule has 198 valence electrons. The first-order chi connectivity index (χ1) is 17.0. The van der Waals surface area contributed by atoms with Gasteiger partial charge in [-0.2, -0.15) is 0 Å². The number of carbonyl (C=O) groups is 4. The number of anilines is 1. The van der Waals surface area contributed by atoms with E-state index in [1.54, 1.807) is 14.1 Å². The van der Waals surface area contributed by atoms with Crippen molar-refractivity contribution in [1.82, 2.24) is 4.90 Å². The lowest BCUT2D eigenvalue weighted by molar-refractivity contribution is -0.212. The van der Waals surface area contributed by atoms with Crippen molar-refractivity contribution in [1.29, 1.82) is 0 Å². The molecule has 8 N–H and O–H groups in total. The SMILES string of the molecule is CN(C)c1cc(C=O)c(O)c2c1C[C@@]1(O)C[C@@]3(O)[C@@H](N(C)C)C(O)=C(C(N)=O)C(=O)[C@@]3(O)C(O)=C1C2=O. The van der Waals surface area contributed by atoms with Crippen LogP contribution in [0.4, 0.5) is 5.69 Å². The molecule has 0 bridgehead atoms. The average molecular weight is 517 g/mol. The lowest BCUT2D eigenvalue weighted by atomic mass is 9.54. The Morgan fingerprint density at radius 2 is 1.70 bits per heavy atom. The number of carbonyl (C=O) groups excluding carboxylic acids is 4. The summed E-state index contributed by atoms with van der Waals surface area (Å²) in [6, 6.07) is -0.443. The molecule has 1 aromatic rings. The van der Waals surface area contributed by atoms with E-state index < -0.39 is 87.1 Å². The lowest BCUT2D eigenvalue weighted by Gasteiger charge is -2.57. The second kappa shape index (κ2) is 7.86. The smallest absolute Gasteiger partial charge is 0.255 e. The summed E-state index contributed by atoms with van der Waals surface area (Å²) < 4.78 is 0. The lowest BCUT2D eigenvalue weighted by Crippen LogP contribution is -2.77. The number of aldehydes is 1. The number of hydrogen-bond acceptors (Lipinski definition) is 12. The predicted octanol–water partition coefficient (Wildman–Crippen LogP) is -1.77. The number of phenolic OH excluding ortho intramolecular Hbond substituents is 1. The largest absolute Gasteiger partial charge is 0.510 e. The first kappa shape index (κ1) is 26.3. The molecule has 1 aromatic carbocycles. The van der Waals surface area contributed by atoms with E-state index in [0.717, 1.165) is 4.90 Å². The van der Waals surface area contributed by atoms with Crippen molar-refractivity contribution < 1.29 is 49.8 Å². The quantitative estimate of drug-likeness (QED) is 0.174. The predicted molar refractivity (Wildman–Crippen MR) is 126 cm³/mol. The Balaban J connectivity index is 2.11. The number of likely N-dealkylation sites (N-methyl/N-ethyl adjacent to an activating group) is 1. The molecule has 1 amide bonds. The highest BCUT2D eigenvalue weighted by Crippen LogP contribution is 2.56. The van der Waals surface area contributed by atoms with E-state index in [9.17, 15) is 49.8 Å². The zero-order valence-electron chi connectivity index (χ0n) is 20.4. The molecule has 3 aliphatic rings. The van der Waals surface area contributed by atoms with Gasteiger partial charge in [0.1, 0.15) is 40.1 Å². The number of amides is 1. The molecule has 0 unspecified atom stereocenters. The molecule has 0 saturated heterocycles. The second-order valence-electron chi connectivity index (χ2n) is 10.1. The standard InChI is InChI=1S/C24H27N3O10/c1-26(2)11-5-9(7-28)15(29)12-10(11)6-22(35)8-23(36)18(27(3)4)17(31)13(21(25)34)19(32)24(23,37)20(33)14(22)16(12)30/h5,7,18,29,31,33,35-37H,6,8H2,1-4H3,(H2,25,34)/t18-,22+,23+,24+/m0/s1. The van der Waals surface area contributed by atoms with Crippen molar-refractivity contribution in [2.24, 2.45) is 5.73 Å². The summed E-state index contributed by atoms with van der Waals surface area (Å²) in [5, 5.41) is 67.9. The number of primary amides is 1. The number of fused-ring (bicyclic) bond motifs is 3. The minimum atomic E-state index is -3.39. The highest BCUT2D eigenvalue weighted by molar-refractivity contribution is 6.25. The fourth-order valence-electron chi connectivity index (χ4n) is 5.95.